The second-order valence-corrected chi connectivity index (χ2v) is 8.44. The molecule has 0 unspecified atom stereocenters. The maximum Gasteiger partial charge on any atom is 0.118 e. The van der Waals surface area contributed by atoms with Crippen molar-refractivity contribution in [3.05, 3.63) is 109 Å². The Morgan fingerprint density at radius 2 is 1.07 bits per heavy atom. The van der Waals surface area contributed by atoms with Crippen LogP contribution in [0.5, 0.6) is 5.75 Å². The fourth-order valence-corrected chi connectivity index (χ4v) is 5.74. The van der Waals surface area contributed by atoms with Crippen molar-refractivity contribution in [3.63, 3.8) is 0 Å². The molecule has 4 aromatic carbocycles. The molecule has 0 aromatic heterocycles. The minimum atomic E-state index is -0.633. The van der Waals surface area contributed by atoms with E-state index in [0.717, 1.165) is 5.75 Å². The van der Waals surface area contributed by atoms with Crippen LogP contribution in [0.4, 0.5) is 0 Å². The molecule has 0 aliphatic carbocycles. The monoisotopic (exact) mass is 368 g/mol. The van der Waals surface area contributed by atoms with E-state index in [2.05, 4.69) is 97.1 Å². The van der Waals surface area contributed by atoms with Crippen LogP contribution in [0.15, 0.2) is 109 Å². The molecule has 0 N–H and O–H groups in total. The average molecular weight is 368 g/mol. The lowest BCUT2D eigenvalue weighted by molar-refractivity contribution is 0.415. The molecule has 0 heterocycles. The first-order valence-electron chi connectivity index (χ1n) is 9.00. The van der Waals surface area contributed by atoms with E-state index >= 15 is 0 Å². The van der Waals surface area contributed by atoms with Crippen molar-refractivity contribution < 1.29 is 4.74 Å². The number of rotatable bonds is 5. The molecule has 0 aliphatic heterocycles. The molecule has 132 valence electrons. The van der Waals surface area contributed by atoms with Crippen LogP contribution in [-0.4, -0.2) is 7.11 Å². The molecule has 0 saturated carbocycles. The van der Waals surface area contributed by atoms with E-state index in [9.17, 15) is 0 Å². The quantitative estimate of drug-likeness (QED) is 0.444. The predicted molar refractivity (Wildman–Crippen MR) is 117 cm³/mol. The first-order chi connectivity index (χ1) is 13.4. The Kier molecular flexibility index (Phi) is 5.32. The Bertz CT molecular complexity index is 956. The average Bonchev–Trinajstić information content (AvgIpc) is 2.76. The zero-order valence-corrected chi connectivity index (χ0v) is 16.1. The molecule has 2 heteroatoms. The molecule has 4 aromatic rings. The van der Waals surface area contributed by atoms with E-state index in [-0.39, 0.29) is 0 Å². The molecule has 1 nitrogen and oxygen atoms in total. The third kappa shape index (κ3) is 3.79. The van der Waals surface area contributed by atoms with Gasteiger partial charge in [-0.25, -0.2) is 0 Å². The summed E-state index contributed by atoms with van der Waals surface area (Å²) in [5, 5.41) is 4.09. The SMILES string of the molecule is COc1ccc(-c2ccccc2P(c2ccccc2)c2ccccc2)cc1. The van der Waals surface area contributed by atoms with Gasteiger partial charge in [-0.1, -0.05) is 97.1 Å². The second-order valence-electron chi connectivity index (χ2n) is 6.25. The van der Waals surface area contributed by atoms with Gasteiger partial charge in [0, 0.05) is 0 Å². The van der Waals surface area contributed by atoms with Gasteiger partial charge in [0.15, 0.2) is 0 Å². The van der Waals surface area contributed by atoms with Gasteiger partial charge in [-0.2, -0.15) is 0 Å². The summed E-state index contributed by atoms with van der Waals surface area (Å²) in [4.78, 5) is 0. The third-order valence-electron chi connectivity index (χ3n) is 4.57. The lowest BCUT2D eigenvalue weighted by Gasteiger charge is -2.22. The molecule has 0 spiro atoms. The Labute approximate surface area is 162 Å². The summed E-state index contributed by atoms with van der Waals surface area (Å²) >= 11 is 0. The zero-order valence-electron chi connectivity index (χ0n) is 15.2. The molecule has 0 atom stereocenters. The second kappa shape index (κ2) is 8.20. The Balaban J connectivity index is 1.88. The largest absolute Gasteiger partial charge is 0.497 e. The fourth-order valence-electron chi connectivity index (χ4n) is 3.26. The Hall–Kier alpha value is -2.89. The van der Waals surface area contributed by atoms with E-state index < -0.39 is 7.92 Å². The van der Waals surface area contributed by atoms with E-state index in [1.54, 1.807) is 7.11 Å². The van der Waals surface area contributed by atoms with Crippen LogP contribution < -0.4 is 20.7 Å². The topological polar surface area (TPSA) is 9.23 Å². The highest BCUT2D eigenvalue weighted by atomic mass is 31.1. The number of ether oxygens (including phenoxy) is 1. The van der Waals surface area contributed by atoms with Crippen molar-refractivity contribution in [1.82, 2.24) is 0 Å². The van der Waals surface area contributed by atoms with Gasteiger partial charge in [0.2, 0.25) is 0 Å². The van der Waals surface area contributed by atoms with E-state index in [1.165, 1.54) is 27.0 Å². The van der Waals surface area contributed by atoms with Gasteiger partial charge in [0.05, 0.1) is 7.11 Å². The van der Waals surface area contributed by atoms with Crippen LogP contribution in [0.3, 0.4) is 0 Å². The molecule has 0 saturated heterocycles. The van der Waals surface area contributed by atoms with Crippen molar-refractivity contribution in [2.24, 2.45) is 0 Å². The number of methoxy groups -OCH3 is 1. The Morgan fingerprint density at radius 1 is 0.556 bits per heavy atom. The highest BCUT2D eigenvalue weighted by Gasteiger charge is 2.19. The minimum absolute atomic E-state index is 0.633. The predicted octanol–water partition coefficient (Wildman–Crippen LogP) is 5.12. The minimum Gasteiger partial charge on any atom is -0.497 e. The van der Waals surface area contributed by atoms with Crippen molar-refractivity contribution in [2.75, 3.05) is 7.11 Å². The summed E-state index contributed by atoms with van der Waals surface area (Å²) in [7, 11) is 1.07. The smallest absolute Gasteiger partial charge is 0.118 e. The van der Waals surface area contributed by atoms with E-state index in [4.69, 9.17) is 4.74 Å². The normalized spacial score (nSPS) is 10.7. The van der Waals surface area contributed by atoms with Gasteiger partial charge in [-0.05, 0) is 47.1 Å². The number of hydrogen-bond acceptors (Lipinski definition) is 1. The summed E-state index contributed by atoms with van der Waals surface area (Å²) in [6.45, 7) is 0. The number of benzene rings is 4. The van der Waals surface area contributed by atoms with Gasteiger partial charge < -0.3 is 4.74 Å². The standard InChI is InChI=1S/C25H21OP/c1-26-21-18-16-20(17-19-21)24-14-8-9-15-25(24)27(22-10-4-2-5-11-22)23-12-6-3-7-13-23/h2-19H,1H3. The summed E-state index contributed by atoms with van der Waals surface area (Å²) < 4.78 is 5.33. The zero-order chi connectivity index (χ0) is 18.5. The van der Waals surface area contributed by atoms with Gasteiger partial charge in [-0.3, -0.25) is 0 Å². The van der Waals surface area contributed by atoms with Crippen molar-refractivity contribution in [3.8, 4) is 16.9 Å². The first-order valence-corrected chi connectivity index (χ1v) is 10.3. The molecule has 0 aliphatic rings. The van der Waals surface area contributed by atoms with Crippen LogP contribution in [0.1, 0.15) is 0 Å². The molecular formula is C25H21OP. The van der Waals surface area contributed by atoms with Gasteiger partial charge in [0.25, 0.3) is 0 Å². The molecule has 4 rings (SSSR count). The van der Waals surface area contributed by atoms with Crippen molar-refractivity contribution in [1.29, 1.82) is 0 Å². The van der Waals surface area contributed by atoms with Gasteiger partial charge in [0.1, 0.15) is 5.75 Å². The molecule has 0 radical (unpaired) electrons. The third-order valence-corrected chi connectivity index (χ3v) is 7.08. The van der Waals surface area contributed by atoms with Gasteiger partial charge >= 0.3 is 0 Å². The van der Waals surface area contributed by atoms with Crippen LogP contribution in [-0.2, 0) is 0 Å². The van der Waals surface area contributed by atoms with E-state index in [1.807, 2.05) is 12.1 Å². The van der Waals surface area contributed by atoms with Crippen LogP contribution in [0.2, 0.25) is 0 Å². The molecule has 0 fully saturated rings. The summed E-state index contributed by atoms with van der Waals surface area (Å²) in [5.41, 5.74) is 2.49. The highest BCUT2D eigenvalue weighted by Crippen LogP contribution is 2.37. The highest BCUT2D eigenvalue weighted by molar-refractivity contribution is 7.80. The first kappa shape index (κ1) is 17.5. The van der Waals surface area contributed by atoms with E-state index in [0.29, 0.717) is 0 Å². The fraction of sp³-hybridized carbons (Fsp3) is 0.0400. The summed E-state index contributed by atoms with van der Waals surface area (Å²) in [5.74, 6) is 0.879. The lowest BCUT2D eigenvalue weighted by atomic mass is 10.1. The molecule has 0 bridgehead atoms. The molecular weight excluding hydrogens is 347 g/mol. The summed E-state index contributed by atoms with van der Waals surface area (Å²) in [6.07, 6.45) is 0. The van der Waals surface area contributed by atoms with Crippen molar-refractivity contribution >= 4 is 23.8 Å². The molecule has 0 amide bonds. The number of hydrogen-bond donors (Lipinski definition) is 0. The molecule has 27 heavy (non-hydrogen) atoms. The maximum atomic E-state index is 5.33. The van der Waals surface area contributed by atoms with Gasteiger partial charge in [-0.15, -0.1) is 0 Å². The Morgan fingerprint density at radius 3 is 1.63 bits per heavy atom. The lowest BCUT2D eigenvalue weighted by Crippen LogP contribution is -2.21. The van der Waals surface area contributed by atoms with Crippen molar-refractivity contribution in [2.45, 2.75) is 0 Å². The maximum absolute atomic E-state index is 5.33. The van der Waals surface area contributed by atoms with Crippen LogP contribution in [0, 0.1) is 0 Å². The van der Waals surface area contributed by atoms with Crippen LogP contribution in [0.25, 0.3) is 11.1 Å². The van der Waals surface area contributed by atoms with Crippen LogP contribution >= 0.6 is 7.92 Å². The summed E-state index contributed by atoms with van der Waals surface area (Å²) in [6, 6.07) is 38.7.